The van der Waals surface area contributed by atoms with Gasteiger partial charge in [-0.15, -0.1) is 0 Å². The van der Waals surface area contributed by atoms with Crippen LogP contribution in [0.2, 0.25) is 0 Å². The number of ether oxygens (including phenoxy) is 2. The number of esters is 1. The molecule has 1 heterocycles. The van der Waals surface area contributed by atoms with Gasteiger partial charge in [0.25, 0.3) is 0 Å². The fourth-order valence-corrected chi connectivity index (χ4v) is 2.89. The monoisotopic (exact) mass is 285 g/mol. The van der Waals surface area contributed by atoms with Crippen LogP contribution in [0.25, 0.3) is 0 Å². The number of anilines is 2. The Morgan fingerprint density at radius 1 is 1.53 bits per heavy atom. The van der Waals surface area contributed by atoms with Crippen molar-refractivity contribution in [1.29, 1.82) is 0 Å². The van der Waals surface area contributed by atoms with Crippen molar-refractivity contribution < 1.29 is 14.3 Å². The van der Waals surface area contributed by atoms with Crippen LogP contribution < -0.4 is 11.1 Å². The maximum Gasteiger partial charge on any atom is 0.344 e. The third-order valence-electron chi connectivity index (χ3n) is 3.15. The van der Waals surface area contributed by atoms with Crippen LogP contribution in [0.1, 0.15) is 36.0 Å². The summed E-state index contributed by atoms with van der Waals surface area (Å²) in [6.45, 7) is 1.24. The standard InChI is InChI=1S/C12H19N3O3S/c1-17-12(16)9-10(13)15-19-11(9)14-6-7-18-8-4-2-3-5-8/h8,14H,2-7H2,1H3,(H2,13,15). The predicted molar refractivity (Wildman–Crippen MR) is 74.6 cm³/mol. The lowest BCUT2D eigenvalue weighted by atomic mass is 10.3. The fraction of sp³-hybridized carbons (Fsp3) is 0.667. The van der Waals surface area contributed by atoms with Crippen molar-refractivity contribution in [2.75, 3.05) is 31.3 Å². The van der Waals surface area contributed by atoms with Crippen LogP contribution in [0.4, 0.5) is 10.8 Å². The SMILES string of the molecule is COC(=O)c1c(N)nsc1NCCOC1CCCC1. The van der Waals surface area contributed by atoms with Gasteiger partial charge in [0.1, 0.15) is 10.6 Å². The van der Waals surface area contributed by atoms with Crippen LogP contribution in [0.5, 0.6) is 0 Å². The lowest BCUT2D eigenvalue weighted by Gasteiger charge is -2.11. The number of nitrogen functional groups attached to an aromatic ring is 1. The highest BCUT2D eigenvalue weighted by Crippen LogP contribution is 2.27. The number of hydrogen-bond donors (Lipinski definition) is 2. The minimum Gasteiger partial charge on any atom is -0.465 e. The molecular formula is C12H19N3O3S. The first-order valence-corrected chi connectivity index (χ1v) is 7.18. The second kappa shape index (κ2) is 6.72. The Morgan fingerprint density at radius 3 is 2.95 bits per heavy atom. The Hall–Kier alpha value is -1.34. The Balaban J connectivity index is 1.80. The maximum absolute atomic E-state index is 11.6. The highest BCUT2D eigenvalue weighted by molar-refractivity contribution is 7.11. The molecule has 3 N–H and O–H groups in total. The van der Waals surface area contributed by atoms with E-state index >= 15 is 0 Å². The van der Waals surface area contributed by atoms with E-state index in [4.69, 9.17) is 10.5 Å². The molecule has 0 atom stereocenters. The second-order valence-electron chi connectivity index (χ2n) is 4.47. The molecule has 0 saturated heterocycles. The molecule has 0 aliphatic heterocycles. The molecule has 0 radical (unpaired) electrons. The lowest BCUT2D eigenvalue weighted by Crippen LogP contribution is -2.16. The molecule has 0 spiro atoms. The van der Waals surface area contributed by atoms with Gasteiger partial charge in [-0.3, -0.25) is 0 Å². The highest BCUT2D eigenvalue weighted by atomic mass is 32.1. The summed E-state index contributed by atoms with van der Waals surface area (Å²) < 4.78 is 14.4. The molecule has 0 unspecified atom stereocenters. The first kappa shape index (κ1) is 14.1. The van der Waals surface area contributed by atoms with Gasteiger partial charge in [-0.2, -0.15) is 4.37 Å². The molecule has 1 aromatic rings. The summed E-state index contributed by atoms with van der Waals surface area (Å²) in [7, 11) is 1.33. The minimum atomic E-state index is -0.467. The van der Waals surface area contributed by atoms with Gasteiger partial charge in [-0.05, 0) is 24.4 Å². The highest BCUT2D eigenvalue weighted by Gasteiger charge is 2.20. The molecule has 1 aliphatic carbocycles. The van der Waals surface area contributed by atoms with Crippen LogP contribution in [-0.2, 0) is 9.47 Å². The van der Waals surface area contributed by atoms with Gasteiger partial charge in [-0.25, -0.2) is 4.79 Å². The van der Waals surface area contributed by atoms with Crippen molar-refractivity contribution in [3.63, 3.8) is 0 Å². The smallest absolute Gasteiger partial charge is 0.344 e. The summed E-state index contributed by atoms with van der Waals surface area (Å²) in [5, 5.41) is 3.76. The van der Waals surface area contributed by atoms with E-state index in [0.717, 1.165) is 24.4 Å². The van der Waals surface area contributed by atoms with Crippen molar-refractivity contribution in [1.82, 2.24) is 4.37 Å². The quantitative estimate of drug-likeness (QED) is 0.613. The number of rotatable bonds is 6. The van der Waals surface area contributed by atoms with Gasteiger partial charge in [0.15, 0.2) is 5.82 Å². The third kappa shape index (κ3) is 3.57. The molecule has 0 bridgehead atoms. The van der Waals surface area contributed by atoms with E-state index in [-0.39, 0.29) is 5.82 Å². The Labute approximate surface area is 116 Å². The number of carbonyl (C=O) groups is 1. The van der Waals surface area contributed by atoms with Gasteiger partial charge in [-0.1, -0.05) is 12.8 Å². The van der Waals surface area contributed by atoms with Gasteiger partial charge >= 0.3 is 5.97 Å². The minimum absolute atomic E-state index is 0.205. The fourth-order valence-electron chi connectivity index (χ4n) is 2.17. The zero-order chi connectivity index (χ0) is 13.7. The molecule has 1 aromatic heterocycles. The molecule has 0 aromatic carbocycles. The Kier molecular flexibility index (Phi) is 4.98. The summed E-state index contributed by atoms with van der Waals surface area (Å²) in [6.07, 6.45) is 5.22. The molecule has 0 amide bonds. The Bertz CT molecular complexity index is 430. The number of nitrogens with one attached hydrogen (secondary N) is 1. The van der Waals surface area contributed by atoms with E-state index in [1.807, 2.05) is 0 Å². The molecule has 6 nitrogen and oxygen atoms in total. The normalized spacial score (nSPS) is 15.6. The number of hydrogen-bond acceptors (Lipinski definition) is 7. The number of aromatic nitrogens is 1. The summed E-state index contributed by atoms with van der Waals surface area (Å²) in [6, 6.07) is 0. The zero-order valence-electron chi connectivity index (χ0n) is 11.0. The molecular weight excluding hydrogens is 266 g/mol. The van der Waals surface area contributed by atoms with Crippen LogP contribution in [0.15, 0.2) is 0 Å². The number of nitrogens with zero attached hydrogens (tertiary/aromatic N) is 1. The molecule has 106 valence electrons. The zero-order valence-corrected chi connectivity index (χ0v) is 11.8. The average Bonchev–Trinajstić information content (AvgIpc) is 3.04. The molecule has 2 rings (SSSR count). The Morgan fingerprint density at radius 2 is 2.26 bits per heavy atom. The van der Waals surface area contributed by atoms with Crippen molar-refractivity contribution in [3.05, 3.63) is 5.56 Å². The molecule has 19 heavy (non-hydrogen) atoms. The topological polar surface area (TPSA) is 86.5 Å². The van der Waals surface area contributed by atoms with Crippen molar-refractivity contribution in [3.8, 4) is 0 Å². The van der Waals surface area contributed by atoms with Gasteiger partial charge < -0.3 is 20.5 Å². The van der Waals surface area contributed by atoms with Gasteiger partial charge in [0, 0.05) is 6.54 Å². The van der Waals surface area contributed by atoms with Crippen molar-refractivity contribution in [2.24, 2.45) is 0 Å². The summed E-state index contributed by atoms with van der Waals surface area (Å²) in [5.41, 5.74) is 5.96. The summed E-state index contributed by atoms with van der Waals surface area (Å²) in [4.78, 5) is 11.6. The average molecular weight is 285 g/mol. The van der Waals surface area contributed by atoms with Crippen LogP contribution in [-0.4, -0.2) is 36.7 Å². The van der Waals surface area contributed by atoms with E-state index in [1.54, 1.807) is 0 Å². The predicted octanol–water partition coefficient (Wildman–Crippen LogP) is 1.88. The van der Waals surface area contributed by atoms with E-state index in [1.165, 1.54) is 20.0 Å². The van der Waals surface area contributed by atoms with Gasteiger partial charge in [0.05, 0.1) is 19.8 Å². The van der Waals surface area contributed by atoms with Crippen molar-refractivity contribution >= 4 is 28.3 Å². The maximum atomic E-state index is 11.6. The van der Waals surface area contributed by atoms with Crippen molar-refractivity contribution in [2.45, 2.75) is 31.8 Å². The first-order valence-electron chi connectivity index (χ1n) is 6.41. The third-order valence-corrected chi connectivity index (χ3v) is 3.97. The van der Waals surface area contributed by atoms with Crippen LogP contribution in [0.3, 0.4) is 0 Å². The summed E-state index contributed by atoms with van der Waals surface area (Å²) >= 11 is 1.16. The van der Waals surface area contributed by atoms with Crippen LogP contribution in [0, 0.1) is 0 Å². The van der Waals surface area contributed by atoms with Gasteiger partial charge in [0.2, 0.25) is 0 Å². The largest absolute Gasteiger partial charge is 0.465 e. The lowest BCUT2D eigenvalue weighted by molar-refractivity contribution is 0.0601. The second-order valence-corrected chi connectivity index (χ2v) is 5.24. The van der Waals surface area contributed by atoms with E-state index in [9.17, 15) is 4.79 Å². The van der Waals surface area contributed by atoms with E-state index < -0.39 is 5.97 Å². The number of nitrogens with two attached hydrogens (primary N) is 1. The van der Waals surface area contributed by atoms with E-state index in [2.05, 4.69) is 14.4 Å². The molecule has 1 aliphatic rings. The number of methoxy groups -OCH3 is 1. The molecule has 7 heteroatoms. The number of carbonyl (C=O) groups excluding carboxylic acids is 1. The van der Waals surface area contributed by atoms with E-state index in [0.29, 0.717) is 29.8 Å². The first-order chi connectivity index (χ1) is 9.22. The molecule has 1 saturated carbocycles. The molecule has 1 fully saturated rings. The van der Waals surface area contributed by atoms with Crippen LogP contribution >= 0.6 is 11.5 Å². The summed E-state index contributed by atoms with van der Waals surface area (Å²) in [5.74, 6) is -0.262.